The first-order chi connectivity index (χ1) is 8.91. The van der Waals surface area contributed by atoms with Crippen LogP contribution in [0.5, 0.6) is 0 Å². The van der Waals surface area contributed by atoms with E-state index in [-0.39, 0.29) is 5.91 Å². The van der Waals surface area contributed by atoms with Gasteiger partial charge in [0, 0.05) is 11.9 Å². The second kappa shape index (κ2) is 5.05. The van der Waals surface area contributed by atoms with Crippen molar-refractivity contribution in [1.82, 2.24) is 5.32 Å². The molecule has 100 valence electrons. The molecule has 1 N–H and O–H groups in total. The van der Waals surface area contributed by atoms with Crippen LogP contribution in [0.1, 0.15) is 15.2 Å². The molecule has 0 bridgehead atoms. The number of nitrogens with one attached hydrogen (secondary N) is 1. The standard InChI is InChI=1S/C13H10F3NOS/c1-17-12(18)11-6-5-10(19-11)8-3-2-4-9(7-8)13(14,15)16/h2-7H,1H3,(H,17,18). The molecule has 19 heavy (non-hydrogen) atoms. The first kappa shape index (κ1) is 13.6. The molecule has 2 nitrogen and oxygen atoms in total. The van der Waals surface area contributed by atoms with E-state index in [1.807, 2.05) is 0 Å². The second-order valence-corrected chi connectivity index (χ2v) is 4.91. The number of benzene rings is 1. The van der Waals surface area contributed by atoms with Crippen molar-refractivity contribution in [3.8, 4) is 10.4 Å². The van der Waals surface area contributed by atoms with E-state index in [2.05, 4.69) is 5.32 Å². The van der Waals surface area contributed by atoms with E-state index >= 15 is 0 Å². The van der Waals surface area contributed by atoms with E-state index in [1.165, 1.54) is 13.1 Å². The van der Waals surface area contributed by atoms with Crippen LogP contribution in [0.3, 0.4) is 0 Å². The minimum atomic E-state index is -4.36. The lowest BCUT2D eigenvalue weighted by atomic mass is 10.1. The van der Waals surface area contributed by atoms with Crippen molar-refractivity contribution in [2.45, 2.75) is 6.18 Å². The molecule has 0 saturated heterocycles. The second-order valence-electron chi connectivity index (χ2n) is 3.82. The van der Waals surface area contributed by atoms with Crippen LogP contribution in [0.4, 0.5) is 13.2 Å². The SMILES string of the molecule is CNC(=O)c1ccc(-c2cccc(C(F)(F)F)c2)s1. The van der Waals surface area contributed by atoms with Crippen molar-refractivity contribution in [3.05, 3.63) is 46.8 Å². The molecular weight excluding hydrogens is 275 g/mol. The zero-order valence-corrected chi connectivity index (χ0v) is 10.7. The van der Waals surface area contributed by atoms with Gasteiger partial charge in [0.1, 0.15) is 0 Å². The predicted octanol–water partition coefficient (Wildman–Crippen LogP) is 3.79. The monoisotopic (exact) mass is 285 g/mol. The largest absolute Gasteiger partial charge is 0.416 e. The Morgan fingerprint density at radius 1 is 1.21 bits per heavy atom. The molecule has 0 atom stereocenters. The van der Waals surface area contributed by atoms with Crippen molar-refractivity contribution in [2.75, 3.05) is 7.05 Å². The van der Waals surface area contributed by atoms with E-state index in [4.69, 9.17) is 0 Å². The summed E-state index contributed by atoms with van der Waals surface area (Å²) < 4.78 is 37.8. The van der Waals surface area contributed by atoms with Gasteiger partial charge < -0.3 is 5.32 Å². The molecular formula is C13H10F3NOS. The van der Waals surface area contributed by atoms with Gasteiger partial charge >= 0.3 is 6.18 Å². The van der Waals surface area contributed by atoms with Crippen molar-refractivity contribution >= 4 is 17.2 Å². The molecule has 0 aliphatic rings. The zero-order chi connectivity index (χ0) is 14.0. The number of halogens is 3. The van der Waals surface area contributed by atoms with Crippen molar-refractivity contribution in [2.24, 2.45) is 0 Å². The molecule has 0 fully saturated rings. The van der Waals surface area contributed by atoms with Crippen LogP contribution in [0.25, 0.3) is 10.4 Å². The topological polar surface area (TPSA) is 29.1 Å². The number of rotatable bonds is 2. The smallest absolute Gasteiger partial charge is 0.354 e. The first-order valence-corrected chi connectivity index (χ1v) is 6.23. The molecule has 0 radical (unpaired) electrons. The van der Waals surface area contributed by atoms with Gasteiger partial charge in [-0.2, -0.15) is 13.2 Å². The highest BCUT2D eigenvalue weighted by Gasteiger charge is 2.30. The van der Waals surface area contributed by atoms with Crippen molar-refractivity contribution in [1.29, 1.82) is 0 Å². The van der Waals surface area contributed by atoms with Crippen LogP contribution in [0.2, 0.25) is 0 Å². The lowest BCUT2D eigenvalue weighted by molar-refractivity contribution is -0.137. The summed E-state index contributed by atoms with van der Waals surface area (Å²) in [4.78, 5) is 12.5. The number of carbonyl (C=O) groups excluding carboxylic acids is 1. The third-order valence-corrected chi connectivity index (χ3v) is 3.66. The number of hydrogen-bond acceptors (Lipinski definition) is 2. The van der Waals surface area contributed by atoms with E-state index in [9.17, 15) is 18.0 Å². The van der Waals surface area contributed by atoms with Gasteiger partial charge in [0.25, 0.3) is 5.91 Å². The van der Waals surface area contributed by atoms with E-state index in [1.54, 1.807) is 18.2 Å². The third-order valence-electron chi connectivity index (χ3n) is 2.53. The van der Waals surface area contributed by atoms with Gasteiger partial charge in [-0.25, -0.2) is 0 Å². The van der Waals surface area contributed by atoms with Gasteiger partial charge in [-0.15, -0.1) is 11.3 Å². The third kappa shape index (κ3) is 2.96. The van der Waals surface area contributed by atoms with Crippen LogP contribution in [-0.4, -0.2) is 13.0 Å². The van der Waals surface area contributed by atoms with Crippen LogP contribution in [0.15, 0.2) is 36.4 Å². The average molecular weight is 285 g/mol. The summed E-state index contributed by atoms with van der Waals surface area (Å²) in [5.74, 6) is -0.247. The molecule has 0 aliphatic heterocycles. The molecule has 0 saturated carbocycles. The minimum absolute atomic E-state index is 0.247. The maximum absolute atomic E-state index is 12.6. The van der Waals surface area contributed by atoms with E-state index in [0.717, 1.165) is 23.5 Å². The maximum Gasteiger partial charge on any atom is 0.416 e. The Kier molecular flexibility index (Phi) is 3.61. The fourth-order valence-electron chi connectivity index (χ4n) is 1.59. The summed E-state index contributed by atoms with van der Waals surface area (Å²) in [6.07, 6.45) is -4.36. The summed E-state index contributed by atoms with van der Waals surface area (Å²) in [5, 5.41) is 2.47. The Bertz CT molecular complexity index is 604. The molecule has 1 aromatic heterocycles. The lowest BCUT2D eigenvalue weighted by Crippen LogP contribution is -2.15. The Morgan fingerprint density at radius 3 is 2.58 bits per heavy atom. The predicted molar refractivity (Wildman–Crippen MR) is 68.1 cm³/mol. The van der Waals surface area contributed by atoms with Crippen molar-refractivity contribution in [3.63, 3.8) is 0 Å². The van der Waals surface area contributed by atoms with Gasteiger partial charge in [0.15, 0.2) is 0 Å². The summed E-state index contributed by atoms with van der Waals surface area (Å²) >= 11 is 1.16. The van der Waals surface area contributed by atoms with Crippen LogP contribution in [0, 0.1) is 0 Å². The van der Waals surface area contributed by atoms with Gasteiger partial charge in [-0.1, -0.05) is 12.1 Å². The van der Waals surface area contributed by atoms with Gasteiger partial charge in [-0.3, -0.25) is 4.79 Å². The van der Waals surface area contributed by atoms with Gasteiger partial charge in [-0.05, 0) is 29.8 Å². The molecule has 1 heterocycles. The summed E-state index contributed by atoms with van der Waals surface area (Å²) in [7, 11) is 1.51. The van der Waals surface area contributed by atoms with E-state index < -0.39 is 11.7 Å². The molecule has 1 amide bonds. The number of thiophene rings is 1. The molecule has 0 unspecified atom stereocenters. The molecule has 6 heteroatoms. The maximum atomic E-state index is 12.6. The first-order valence-electron chi connectivity index (χ1n) is 5.41. The Hall–Kier alpha value is -1.82. The highest BCUT2D eigenvalue weighted by molar-refractivity contribution is 7.17. The summed E-state index contributed by atoms with van der Waals surface area (Å²) in [5.41, 5.74) is -0.241. The number of amides is 1. The van der Waals surface area contributed by atoms with Crippen LogP contribution >= 0.6 is 11.3 Å². The molecule has 2 aromatic rings. The number of carbonyl (C=O) groups is 1. The number of alkyl halides is 3. The molecule has 0 aliphatic carbocycles. The molecule has 2 rings (SSSR count). The van der Waals surface area contributed by atoms with Crippen LogP contribution < -0.4 is 5.32 Å². The van der Waals surface area contributed by atoms with Gasteiger partial charge in [0.05, 0.1) is 10.4 Å². The minimum Gasteiger partial charge on any atom is -0.354 e. The Labute approximate surface area is 111 Å². The fourth-order valence-corrected chi connectivity index (χ4v) is 2.54. The highest BCUT2D eigenvalue weighted by atomic mass is 32.1. The molecule has 1 aromatic carbocycles. The fraction of sp³-hybridized carbons (Fsp3) is 0.154. The number of hydrogen-bond donors (Lipinski definition) is 1. The Morgan fingerprint density at radius 2 is 1.95 bits per heavy atom. The quantitative estimate of drug-likeness (QED) is 0.893. The van der Waals surface area contributed by atoms with Crippen molar-refractivity contribution < 1.29 is 18.0 Å². The highest BCUT2D eigenvalue weighted by Crippen LogP contribution is 2.34. The summed E-state index contributed by atoms with van der Waals surface area (Å²) in [6.45, 7) is 0. The lowest BCUT2D eigenvalue weighted by Gasteiger charge is -2.07. The Balaban J connectivity index is 2.37. The molecule has 0 spiro atoms. The normalized spacial score (nSPS) is 11.4. The zero-order valence-electron chi connectivity index (χ0n) is 9.91. The summed E-state index contributed by atoms with van der Waals surface area (Å²) in [6, 6.07) is 8.30. The van der Waals surface area contributed by atoms with E-state index in [0.29, 0.717) is 15.3 Å². The van der Waals surface area contributed by atoms with Gasteiger partial charge in [0.2, 0.25) is 0 Å². The van der Waals surface area contributed by atoms with Crippen LogP contribution in [-0.2, 0) is 6.18 Å². The average Bonchev–Trinajstić information content (AvgIpc) is 2.86.